The molecule has 0 spiro atoms. The number of amides is 1. The minimum absolute atomic E-state index is 0.220. The van der Waals surface area contributed by atoms with E-state index in [0.717, 1.165) is 0 Å². The van der Waals surface area contributed by atoms with Crippen LogP contribution in [0.4, 0.5) is 0 Å². The van der Waals surface area contributed by atoms with Crippen LogP contribution in [0.3, 0.4) is 0 Å². The summed E-state index contributed by atoms with van der Waals surface area (Å²) in [5.74, 6) is -1.61. The first-order valence-corrected chi connectivity index (χ1v) is 3.75. The molecule has 0 heterocycles. The average Bonchev–Trinajstić information content (AvgIpc) is 2.02. The van der Waals surface area contributed by atoms with Crippen molar-refractivity contribution in [3.63, 3.8) is 0 Å². The van der Waals surface area contributed by atoms with Gasteiger partial charge in [0.1, 0.15) is 12.2 Å². The maximum atomic E-state index is 10.9. The summed E-state index contributed by atoms with van der Waals surface area (Å²) in [7, 11) is 3.69. The number of likely N-dealkylation sites (N-methyl/N-ethyl adjacent to an activating group) is 1. The summed E-state index contributed by atoms with van der Waals surface area (Å²) in [4.78, 5) is 23.2. The van der Waals surface area contributed by atoms with Gasteiger partial charge < -0.3 is 15.4 Å². The summed E-state index contributed by atoms with van der Waals surface area (Å²) in [5, 5.41) is 0. The predicted octanol–water partition coefficient (Wildman–Crippen LogP) is -0.867. The maximum Gasteiger partial charge on any atom is 0.343 e. The highest BCUT2D eigenvalue weighted by Crippen LogP contribution is 1.92. The third-order valence-corrected chi connectivity index (χ3v) is 1.32. The molecule has 0 aromatic carbocycles. The van der Waals surface area contributed by atoms with Gasteiger partial charge in [0.25, 0.3) is 5.91 Å². The van der Waals surface area contributed by atoms with E-state index in [2.05, 4.69) is 6.58 Å². The van der Waals surface area contributed by atoms with Gasteiger partial charge in [-0.05, 0) is 14.1 Å². The second-order valence-electron chi connectivity index (χ2n) is 2.78. The van der Waals surface area contributed by atoms with Crippen molar-refractivity contribution in [2.24, 2.45) is 5.73 Å². The molecular formula is C8H14N2O3. The Kier molecular flexibility index (Phi) is 4.76. The molecule has 0 aliphatic carbocycles. The van der Waals surface area contributed by atoms with Crippen molar-refractivity contribution in [1.29, 1.82) is 0 Å². The van der Waals surface area contributed by atoms with Gasteiger partial charge in [-0.1, -0.05) is 6.58 Å². The number of rotatable bonds is 5. The molecule has 5 nitrogen and oxygen atoms in total. The van der Waals surface area contributed by atoms with Crippen molar-refractivity contribution in [2.45, 2.75) is 0 Å². The topological polar surface area (TPSA) is 72.6 Å². The van der Waals surface area contributed by atoms with E-state index in [1.165, 1.54) is 0 Å². The summed E-state index contributed by atoms with van der Waals surface area (Å²) >= 11 is 0. The fourth-order valence-corrected chi connectivity index (χ4v) is 0.509. The molecule has 2 N–H and O–H groups in total. The Morgan fingerprint density at radius 1 is 1.46 bits per heavy atom. The van der Waals surface area contributed by atoms with Crippen LogP contribution >= 0.6 is 0 Å². The molecule has 0 aromatic heterocycles. The van der Waals surface area contributed by atoms with E-state index >= 15 is 0 Å². The lowest BCUT2D eigenvalue weighted by Crippen LogP contribution is -2.25. The van der Waals surface area contributed by atoms with Crippen molar-refractivity contribution < 1.29 is 14.3 Å². The molecule has 0 saturated carbocycles. The number of carbonyl (C=O) groups is 2. The zero-order valence-electron chi connectivity index (χ0n) is 7.87. The average molecular weight is 186 g/mol. The molecule has 0 aliphatic rings. The normalized spacial score (nSPS) is 9.77. The second kappa shape index (κ2) is 5.31. The molecular weight excluding hydrogens is 172 g/mol. The van der Waals surface area contributed by atoms with Crippen molar-refractivity contribution in [2.75, 3.05) is 27.2 Å². The standard InChI is InChI=1S/C8H14N2O3/c1-6(7(9)11)8(12)13-5-4-10(2)3/h1,4-5H2,2-3H3,(H2,9,11). The monoisotopic (exact) mass is 186 g/mol. The third-order valence-electron chi connectivity index (χ3n) is 1.32. The lowest BCUT2D eigenvalue weighted by atomic mass is 10.3. The zero-order chi connectivity index (χ0) is 10.4. The molecule has 0 atom stereocenters. The molecule has 0 aromatic rings. The molecule has 0 unspecified atom stereocenters. The van der Waals surface area contributed by atoms with Crippen LogP contribution in [-0.2, 0) is 14.3 Å². The summed E-state index contributed by atoms with van der Waals surface area (Å²) < 4.78 is 4.69. The summed E-state index contributed by atoms with van der Waals surface area (Å²) in [5.41, 5.74) is 4.50. The van der Waals surface area contributed by atoms with Gasteiger partial charge in [0.15, 0.2) is 0 Å². The van der Waals surface area contributed by atoms with Crippen LogP contribution in [0.25, 0.3) is 0 Å². The minimum Gasteiger partial charge on any atom is -0.461 e. The van der Waals surface area contributed by atoms with Gasteiger partial charge in [-0.2, -0.15) is 0 Å². The molecule has 0 radical (unpaired) electrons. The fourth-order valence-electron chi connectivity index (χ4n) is 0.509. The molecule has 0 aliphatic heterocycles. The first-order valence-electron chi connectivity index (χ1n) is 3.75. The van der Waals surface area contributed by atoms with E-state index in [1.807, 2.05) is 19.0 Å². The van der Waals surface area contributed by atoms with Gasteiger partial charge in [-0.15, -0.1) is 0 Å². The Balaban J connectivity index is 3.76. The van der Waals surface area contributed by atoms with Gasteiger partial charge in [0.05, 0.1) is 0 Å². The number of nitrogens with zero attached hydrogens (tertiary/aromatic N) is 1. The van der Waals surface area contributed by atoms with E-state index < -0.39 is 11.9 Å². The van der Waals surface area contributed by atoms with Crippen LogP contribution in [0.5, 0.6) is 0 Å². The smallest absolute Gasteiger partial charge is 0.343 e. The molecule has 0 fully saturated rings. The second-order valence-corrected chi connectivity index (χ2v) is 2.78. The fraction of sp³-hybridized carbons (Fsp3) is 0.500. The van der Waals surface area contributed by atoms with Crippen molar-refractivity contribution in [1.82, 2.24) is 4.90 Å². The largest absolute Gasteiger partial charge is 0.461 e. The Morgan fingerprint density at radius 3 is 2.38 bits per heavy atom. The van der Waals surface area contributed by atoms with E-state index in [-0.39, 0.29) is 12.2 Å². The Labute approximate surface area is 77.1 Å². The van der Waals surface area contributed by atoms with E-state index in [0.29, 0.717) is 6.54 Å². The van der Waals surface area contributed by atoms with Gasteiger partial charge in [-0.25, -0.2) is 4.79 Å². The highest BCUT2D eigenvalue weighted by Gasteiger charge is 2.13. The third kappa shape index (κ3) is 4.97. The number of hydrogen-bond donors (Lipinski definition) is 1. The molecule has 13 heavy (non-hydrogen) atoms. The van der Waals surface area contributed by atoms with Crippen LogP contribution in [0.15, 0.2) is 12.2 Å². The van der Waals surface area contributed by atoms with Crippen molar-refractivity contribution >= 4 is 11.9 Å². The van der Waals surface area contributed by atoms with E-state index in [4.69, 9.17) is 10.5 Å². The van der Waals surface area contributed by atoms with Gasteiger partial charge >= 0.3 is 5.97 Å². The lowest BCUT2D eigenvalue weighted by molar-refractivity contribution is -0.140. The van der Waals surface area contributed by atoms with Crippen LogP contribution < -0.4 is 5.73 Å². The maximum absolute atomic E-state index is 10.9. The van der Waals surface area contributed by atoms with Crippen LogP contribution in [0.2, 0.25) is 0 Å². The molecule has 0 saturated heterocycles. The van der Waals surface area contributed by atoms with Crippen molar-refractivity contribution in [3.8, 4) is 0 Å². The molecule has 1 amide bonds. The SMILES string of the molecule is C=C(C(N)=O)C(=O)OCCN(C)C. The minimum atomic E-state index is -0.852. The van der Waals surface area contributed by atoms with E-state index in [9.17, 15) is 9.59 Å². The Bertz CT molecular complexity index is 223. The number of hydrogen-bond acceptors (Lipinski definition) is 4. The molecule has 0 bridgehead atoms. The quantitative estimate of drug-likeness (QED) is 0.262. The highest BCUT2D eigenvalue weighted by molar-refractivity contribution is 6.15. The van der Waals surface area contributed by atoms with Crippen LogP contribution in [-0.4, -0.2) is 44.0 Å². The van der Waals surface area contributed by atoms with Gasteiger partial charge in [0.2, 0.25) is 0 Å². The molecule has 0 rings (SSSR count). The Morgan fingerprint density at radius 2 is 2.00 bits per heavy atom. The lowest BCUT2D eigenvalue weighted by Gasteiger charge is -2.09. The highest BCUT2D eigenvalue weighted by atomic mass is 16.5. The van der Waals surface area contributed by atoms with Crippen LogP contribution in [0, 0.1) is 0 Å². The zero-order valence-corrected chi connectivity index (χ0v) is 7.87. The molecule has 5 heteroatoms. The van der Waals surface area contributed by atoms with Crippen LogP contribution in [0.1, 0.15) is 0 Å². The molecule has 74 valence electrons. The van der Waals surface area contributed by atoms with Crippen molar-refractivity contribution in [3.05, 3.63) is 12.2 Å². The number of primary amides is 1. The summed E-state index contributed by atoms with van der Waals surface area (Å²) in [6.45, 7) is 4.00. The predicted molar refractivity (Wildman–Crippen MR) is 47.8 cm³/mol. The first-order chi connectivity index (χ1) is 5.95. The Hall–Kier alpha value is -1.36. The van der Waals surface area contributed by atoms with E-state index in [1.54, 1.807) is 0 Å². The van der Waals surface area contributed by atoms with Gasteiger partial charge in [-0.3, -0.25) is 4.79 Å². The number of carbonyl (C=O) groups excluding carboxylic acids is 2. The van der Waals surface area contributed by atoms with Gasteiger partial charge in [0, 0.05) is 6.54 Å². The first kappa shape index (κ1) is 11.6. The summed E-state index contributed by atoms with van der Waals surface area (Å²) in [6, 6.07) is 0. The number of nitrogens with two attached hydrogens (primary N) is 1. The number of esters is 1. The summed E-state index contributed by atoms with van der Waals surface area (Å²) in [6.07, 6.45) is 0. The number of ether oxygens (including phenoxy) is 1.